The summed E-state index contributed by atoms with van der Waals surface area (Å²) in [4.78, 5) is 28.8. The van der Waals surface area contributed by atoms with Gasteiger partial charge < -0.3 is 4.74 Å². The summed E-state index contributed by atoms with van der Waals surface area (Å²) >= 11 is 13.3. The van der Waals surface area contributed by atoms with Gasteiger partial charge in [0.05, 0.1) is 10.1 Å². The highest BCUT2D eigenvalue weighted by Crippen LogP contribution is 2.28. The SMILES string of the molecule is CC(=O)Oc1ccccc1-c1nc2s/c(=C\c3ccc(Cl)cc3Cl)c(=O)n2n1. The molecule has 2 heterocycles. The number of esters is 1. The molecule has 0 aliphatic carbocycles. The summed E-state index contributed by atoms with van der Waals surface area (Å²) in [6.07, 6.45) is 1.68. The van der Waals surface area contributed by atoms with Crippen LogP contribution in [0, 0.1) is 0 Å². The van der Waals surface area contributed by atoms with E-state index in [1.165, 1.54) is 22.8 Å². The highest BCUT2D eigenvalue weighted by molar-refractivity contribution is 7.15. The molecular formula is C19H11Cl2N3O3S. The number of halogens is 2. The van der Waals surface area contributed by atoms with Gasteiger partial charge in [-0.05, 0) is 35.9 Å². The van der Waals surface area contributed by atoms with Crippen LogP contribution in [0.1, 0.15) is 12.5 Å². The lowest BCUT2D eigenvalue weighted by molar-refractivity contribution is -0.131. The van der Waals surface area contributed by atoms with E-state index in [9.17, 15) is 9.59 Å². The van der Waals surface area contributed by atoms with Crippen LogP contribution in [0.15, 0.2) is 47.3 Å². The van der Waals surface area contributed by atoms with Crippen LogP contribution in [0.25, 0.3) is 22.4 Å². The summed E-state index contributed by atoms with van der Waals surface area (Å²) in [5, 5.41) is 5.25. The largest absolute Gasteiger partial charge is 0.426 e. The Labute approximate surface area is 172 Å². The van der Waals surface area contributed by atoms with Crippen molar-refractivity contribution in [2.45, 2.75) is 6.92 Å². The van der Waals surface area contributed by atoms with Crippen LogP contribution in [0.4, 0.5) is 0 Å². The van der Waals surface area contributed by atoms with E-state index in [0.717, 1.165) is 0 Å². The van der Waals surface area contributed by atoms with Crippen molar-refractivity contribution in [2.24, 2.45) is 0 Å². The number of hydrogen-bond donors (Lipinski definition) is 0. The molecule has 0 fully saturated rings. The standard InChI is InChI=1S/C19H11Cl2N3O3S/c1-10(25)27-15-5-3-2-4-13(15)17-22-19-24(23-17)18(26)16(28-19)8-11-6-7-12(20)9-14(11)21/h2-9H,1H3/b16-8-. The Morgan fingerprint density at radius 2 is 2.00 bits per heavy atom. The molecule has 4 rings (SSSR count). The third-order valence-corrected chi connectivity index (χ3v) is 5.33. The number of nitrogens with zero attached hydrogens (tertiary/aromatic N) is 3. The second kappa shape index (κ2) is 7.35. The minimum absolute atomic E-state index is 0.302. The van der Waals surface area contributed by atoms with E-state index in [-0.39, 0.29) is 5.56 Å². The van der Waals surface area contributed by atoms with Gasteiger partial charge in [0, 0.05) is 17.0 Å². The van der Waals surface area contributed by atoms with Crippen LogP contribution in [0.2, 0.25) is 10.0 Å². The summed E-state index contributed by atoms with van der Waals surface area (Å²) in [5.74, 6) is 0.187. The molecule has 28 heavy (non-hydrogen) atoms. The molecule has 9 heteroatoms. The fourth-order valence-electron chi connectivity index (χ4n) is 2.60. The molecule has 6 nitrogen and oxygen atoms in total. The van der Waals surface area contributed by atoms with Gasteiger partial charge in [-0.2, -0.15) is 9.50 Å². The number of para-hydroxylation sites is 1. The van der Waals surface area contributed by atoms with Gasteiger partial charge in [-0.25, -0.2) is 0 Å². The molecule has 0 bridgehead atoms. The van der Waals surface area contributed by atoms with E-state index in [2.05, 4.69) is 10.1 Å². The first kappa shape index (κ1) is 18.6. The van der Waals surface area contributed by atoms with Crippen molar-refractivity contribution in [1.29, 1.82) is 0 Å². The predicted molar refractivity (Wildman–Crippen MR) is 109 cm³/mol. The van der Waals surface area contributed by atoms with Gasteiger partial charge in [0.1, 0.15) is 5.75 Å². The highest BCUT2D eigenvalue weighted by Gasteiger charge is 2.16. The Kier molecular flexibility index (Phi) is 4.89. The van der Waals surface area contributed by atoms with E-state index >= 15 is 0 Å². The summed E-state index contributed by atoms with van der Waals surface area (Å²) in [7, 11) is 0. The van der Waals surface area contributed by atoms with Crippen molar-refractivity contribution in [1.82, 2.24) is 14.6 Å². The smallest absolute Gasteiger partial charge is 0.308 e. The molecule has 0 aliphatic heterocycles. The maximum atomic E-state index is 12.7. The van der Waals surface area contributed by atoms with Gasteiger partial charge in [0.25, 0.3) is 5.56 Å². The summed E-state index contributed by atoms with van der Waals surface area (Å²) in [5.41, 5.74) is 0.891. The first-order valence-corrected chi connectivity index (χ1v) is 9.64. The maximum absolute atomic E-state index is 12.7. The molecule has 0 N–H and O–H groups in total. The van der Waals surface area contributed by atoms with Crippen molar-refractivity contribution in [3.8, 4) is 17.1 Å². The fourth-order valence-corrected chi connectivity index (χ4v) is 3.96. The van der Waals surface area contributed by atoms with Crippen LogP contribution in [-0.4, -0.2) is 20.6 Å². The zero-order valence-corrected chi connectivity index (χ0v) is 16.7. The highest BCUT2D eigenvalue weighted by atomic mass is 35.5. The van der Waals surface area contributed by atoms with E-state index < -0.39 is 5.97 Å². The molecule has 0 atom stereocenters. The average molecular weight is 432 g/mol. The Bertz CT molecular complexity index is 1330. The molecule has 140 valence electrons. The quantitative estimate of drug-likeness (QED) is 0.366. The van der Waals surface area contributed by atoms with Gasteiger partial charge in [-0.15, -0.1) is 5.10 Å². The number of thiazole rings is 1. The van der Waals surface area contributed by atoms with Crippen LogP contribution < -0.4 is 14.8 Å². The van der Waals surface area contributed by atoms with Gasteiger partial charge in [0.2, 0.25) is 4.96 Å². The molecule has 0 radical (unpaired) electrons. The van der Waals surface area contributed by atoms with Gasteiger partial charge in [-0.1, -0.05) is 52.7 Å². The number of carbonyl (C=O) groups excluding carboxylic acids is 1. The number of rotatable bonds is 3. The Morgan fingerprint density at radius 1 is 1.21 bits per heavy atom. The summed E-state index contributed by atoms with van der Waals surface area (Å²) in [6, 6.07) is 11.9. The summed E-state index contributed by atoms with van der Waals surface area (Å²) < 4.78 is 6.86. The van der Waals surface area contributed by atoms with Gasteiger partial charge >= 0.3 is 5.97 Å². The third-order valence-electron chi connectivity index (χ3n) is 3.81. The third kappa shape index (κ3) is 3.52. The monoisotopic (exact) mass is 431 g/mol. The van der Waals surface area contributed by atoms with Crippen molar-refractivity contribution in [3.63, 3.8) is 0 Å². The van der Waals surface area contributed by atoms with E-state index in [1.54, 1.807) is 48.5 Å². The molecule has 0 spiro atoms. The topological polar surface area (TPSA) is 73.6 Å². The molecule has 0 amide bonds. The molecule has 0 aliphatic rings. The van der Waals surface area contributed by atoms with E-state index in [4.69, 9.17) is 27.9 Å². The molecule has 0 saturated carbocycles. The van der Waals surface area contributed by atoms with Crippen molar-refractivity contribution < 1.29 is 9.53 Å². The number of aromatic nitrogens is 3. The first-order chi connectivity index (χ1) is 13.4. The van der Waals surface area contributed by atoms with Crippen LogP contribution in [0.3, 0.4) is 0 Å². The minimum Gasteiger partial charge on any atom is -0.426 e. The van der Waals surface area contributed by atoms with Crippen molar-refractivity contribution in [3.05, 3.63) is 73.0 Å². The molecule has 0 unspecified atom stereocenters. The molecular weight excluding hydrogens is 421 g/mol. The maximum Gasteiger partial charge on any atom is 0.308 e. The molecule has 0 saturated heterocycles. The number of benzene rings is 2. The van der Waals surface area contributed by atoms with Crippen molar-refractivity contribution >= 4 is 51.5 Å². The Hall–Kier alpha value is -2.74. The zero-order chi connectivity index (χ0) is 19.8. The van der Waals surface area contributed by atoms with E-state index in [1.807, 2.05) is 0 Å². The van der Waals surface area contributed by atoms with Crippen molar-refractivity contribution in [2.75, 3.05) is 0 Å². The van der Waals surface area contributed by atoms with Crippen LogP contribution in [0.5, 0.6) is 5.75 Å². The van der Waals surface area contributed by atoms with Crippen LogP contribution >= 0.6 is 34.5 Å². The summed E-state index contributed by atoms with van der Waals surface area (Å²) in [6.45, 7) is 1.32. The predicted octanol–water partition coefficient (Wildman–Crippen LogP) is 3.60. The number of hydrogen-bond acceptors (Lipinski definition) is 6. The molecule has 4 aromatic rings. The van der Waals surface area contributed by atoms with Gasteiger partial charge in [0.15, 0.2) is 5.82 Å². The second-order valence-corrected chi connectivity index (χ2v) is 7.65. The Balaban J connectivity index is 1.81. The lowest BCUT2D eigenvalue weighted by Crippen LogP contribution is -2.23. The number of fused-ring (bicyclic) bond motifs is 1. The average Bonchev–Trinajstić information content (AvgIpc) is 3.17. The Morgan fingerprint density at radius 3 is 2.71 bits per heavy atom. The normalized spacial score (nSPS) is 11.9. The zero-order valence-electron chi connectivity index (χ0n) is 14.3. The van der Waals surface area contributed by atoms with Crippen LogP contribution in [-0.2, 0) is 4.79 Å². The first-order valence-electron chi connectivity index (χ1n) is 8.06. The van der Waals surface area contributed by atoms with Gasteiger partial charge in [-0.3, -0.25) is 9.59 Å². The lowest BCUT2D eigenvalue weighted by atomic mass is 10.2. The minimum atomic E-state index is -0.449. The second-order valence-electron chi connectivity index (χ2n) is 5.80. The molecule has 2 aromatic heterocycles. The number of ether oxygens (including phenoxy) is 1. The lowest BCUT2D eigenvalue weighted by Gasteiger charge is -2.04. The number of carbonyl (C=O) groups is 1. The van der Waals surface area contributed by atoms with E-state index in [0.29, 0.717) is 42.2 Å². The fraction of sp³-hybridized carbons (Fsp3) is 0.0526. The molecule has 2 aromatic carbocycles.